The first-order valence-corrected chi connectivity index (χ1v) is 8.91. The lowest BCUT2D eigenvalue weighted by molar-refractivity contribution is -0.136. The van der Waals surface area contributed by atoms with Crippen molar-refractivity contribution in [2.45, 2.75) is 31.7 Å². The van der Waals surface area contributed by atoms with Crippen LogP contribution >= 0.6 is 0 Å². The standard InChI is InChI=1S/C19H25N3O3/c1-21-13-15(12-17(21)23)18(24)20-16(11-14-7-3-2-4-8-14)19(25)22-9-5-6-10-22/h2-4,7-8,15-16H,5-6,9-13H2,1H3,(H,20,24). The number of hydrogen-bond donors (Lipinski definition) is 1. The topological polar surface area (TPSA) is 69.7 Å². The SMILES string of the molecule is CN1CC(C(=O)NC(Cc2ccccc2)C(=O)N2CCCC2)CC1=O. The maximum absolute atomic E-state index is 12.9. The van der Waals surface area contributed by atoms with Crippen LogP contribution in [0.15, 0.2) is 30.3 Å². The minimum absolute atomic E-state index is 0.0209. The normalized spacial score (nSPS) is 21.5. The van der Waals surface area contributed by atoms with Gasteiger partial charge >= 0.3 is 0 Å². The molecule has 2 fully saturated rings. The van der Waals surface area contributed by atoms with Crippen LogP contribution in [-0.2, 0) is 20.8 Å². The van der Waals surface area contributed by atoms with Crippen LogP contribution in [0.2, 0.25) is 0 Å². The summed E-state index contributed by atoms with van der Waals surface area (Å²) in [7, 11) is 1.70. The quantitative estimate of drug-likeness (QED) is 0.860. The first-order valence-electron chi connectivity index (χ1n) is 8.91. The fraction of sp³-hybridized carbons (Fsp3) is 0.526. The molecule has 2 unspecified atom stereocenters. The van der Waals surface area contributed by atoms with Crippen molar-refractivity contribution >= 4 is 17.7 Å². The van der Waals surface area contributed by atoms with Crippen LogP contribution in [0.5, 0.6) is 0 Å². The van der Waals surface area contributed by atoms with E-state index in [1.807, 2.05) is 35.2 Å². The second-order valence-electron chi connectivity index (χ2n) is 6.96. The molecule has 3 amide bonds. The van der Waals surface area contributed by atoms with Crippen LogP contribution in [0.1, 0.15) is 24.8 Å². The monoisotopic (exact) mass is 343 g/mol. The van der Waals surface area contributed by atoms with Gasteiger partial charge in [0.25, 0.3) is 0 Å². The zero-order chi connectivity index (χ0) is 17.8. The number of likely N-dealkylation sites (tertiary alicyclic amines) is 2. The van der Waals surface area contributed by atoms with Gasteiger partial charge in [0.05, 0.1) is 5.92 Å². The van der Waals surface area contributed by atoms with Gasteiger partial charge in [0, 0.05) is 39.5 Å². The van der Waals surface area contributed by atoms with Crippen LogP contribution in [0.3, 0.4) is 0 Å². The van der Waals surface area contributed by atoms with Crippen molar-refractivity contribution < 1.29 is 14.4 Å². The van der Waals surface area contributed by atoms with Crippen LogP contribution in [0.4, 0.5) is 0 Å². The highest BCUT2D eigenvalue weighted by molar-refractivity contribution is 5.92. The molecule has 6 nitrogen and oxygen atoms in total. The summed E-state index contributed by atoms with van der Waals surface area (Å²) in [6.07, 6.45) is 2.72. The van der Waals surface area contributed by atoms with Crippen LogP contribution < -0.4 is 5.32 Å². The Balaban J connectivity index is 1.70. The molecule has 2 heterocycles. The van der Waals surface area contributed by atoms with E-state index in [9.17, 15) is 14.4 Å². The molecule has 0 radical (unpaired) electrons. The van der Waals surface area contributed by atoms with Gasteiger partial charge in [0.15, 0.2) is 0 Å². The third kappa shape index (κ3) is 4.18. The summed E-state index contributed by atoms with van der Waals surface area (Å²) in [5, 5.41) is 2.92. The van der Waals surface area contributed by atoms with Gasteiger partial charge in [-0.15, -0.1) is 0 Å². The van der Waals surface area contributed by atoms with Crippen LogP contribution in [0, 0.1) is 5.92 Å². The minimum Gasteiger partial charge on any atom is -0.345 e. The summed E-state index contributed by atoms with van der Waals surface area (Å²) in [6.45, 7) is 1.93. The van der Waals surface area contributed by atoms with Crippen LogP contribution in [-0.4, -0.2) is 60.2 Å². The summed E-state index contributed by atoms with van der Waals surface area (Å²) in [5.74, 6) is -0.619. The van der Waals surface area contributed by atoms with Gasteiger partial charge in [-0.05, 0) is 18.4 Å². The van der Waals surface area contributed by atoms with Gasteiger partial charge in [-0.2, -0.15) is 0 Å². The molecule has 1 N–H and O–H groups in total. The number of nitrogens with one attached hydrogen (secondary N) is 1. The average Bonchev–Trinajstić information content (AvgIpc) is 3.25. The molecule has 1 aromatic carbocycles. The lowest BCUT2D eigenvalue weighted by Gasteiger charge is -2.25. The van der Waals surface area contributed by atoms with Crippen LogP contribution in [0.25, 0.3) is 0 Å². The number of benzene rings is 1. The molecule has 2 aliphatic heterocycles. The molecule has 0 spiro atoms. The number of nitrogens with zero attached hydrogens (tertiary/aromatic N) is 2. The second-order valence-corrected chi connectivity index (χ2v) is 6.96. The van der Waals surface area contributed by atoms with Crippen molar-refractivity contribution in [3.63, 3.8) is 0 Å². The van der Waals surface area contributed by atoms with Gasteiger partial charge in [-0.25, -0.2) is 0 Å². The molecular formula is C19H25N3O3. The van der Waals surface area contributed by atoms with E-state index in [2.05, 4.69) is 5.32 Å². The molecule has 25 heavy (non-hydrogen) atoms. The van der Waals surface area contributed by atoms with Crippen molar-refractivity contribution in [1.82, 2.24) is 15.1 Å². The average molecular weight is 343 g/mol. The van der Waals surface area contributed by atoms with Crippen molar-refractivity contribution in [2.24, 2.45) is 5.92 Å². The highest BCUT2D eigenvalue weighted by atomic mass is 16.2. The zero-order valence-electron chi connectivity index (χ0n) is 14.6. The number of amides is 3. The molecule has 2 saturated heterocycles. The largest absolute Gasteiger partial charge is 0.345 e. The predicted octanol–water partition coefficient (Wildman–Crippen LogP) is 0.815. The van der Waals surface area contributed by atoms with E-state index in [1.165, 1.54) is 0 Å². The van der Waals surface area contributed by atoms with E-state index in [4.69, 9.17) is 0 Å². The van der Waals surface area contributed by atoms with Crippen molar-refractivity contribution in [1.29, 1.82) is 0 Å². The predicted molar refractivity (Wildman–Crippen MR) is 93.6 cm³/mol. The third-order valence-corrected chi connectivity index (χ3v) is 5.03. The lowest BCUT2D eigenvalue weighted by Crippen LogP contribution is -2.50. The first-order chi connectivity index (χ1) is 12.0. The fourth-order valence-electron chi connectivity index (χ4n) is 3.54. The summed E-state index contributed by atoms with van der Waals surface area (Å²) >= 11 is 0. The van der Waals surface area contributed by atoms with Crippen molar-refractivity contribution in [3.8, 4) is 0 Å². The molecule has 2 aliphatic rings. The summed E-state index contributed by atoms with van der Waals surface area (Å²) in [6, 6.07) is 9.14. The Kier molecular flexibility index (Phi) is 5.36. The maximum atomic E-state index is 12.9. The number of carbonyl (C=O) groups excluding carboxylic acids is 3. The summed E-state index contributed by atoms with van der Waals surface area (Å²) in [5.41, 5.74) is 1.01. The lowest BCUT2D eigenvalue weighted by atomic mass is 10.0. The molecule has 3 rings (SSSR count). The zero-order valence-corrected chi connectivity index (χ0v) is 14.6. The van der Waals surface area contributed by atoms with Gasteiger partial charge in [0.1, 0.15) is 6.04 Å². The Morgan fingerprint density at radius 1 is 1.20 bits per heavy atom. The highest BCUT2D eigenvalue weighted by Gasteiger charge is 2.35. The molecule has 1 aromatic rings. The fourth-order valence-corrected chi connectivity index (χ4v) is 3.54. The molecular weight excluding hydrogens is 318 g/mol. The first kappa shape index (κ1) is 17.5. The Hall–Kier alpha value is -2.37. The number of carbonyl (C=O) groups is 3. The number of hydrogen-bond acceptors (Lipinski definition) is 3. The van der Waals surface area contributed by atoms with E-state index in [0.717, 1.165) is 31.5 Å². The van der Waals surface area contributed by atoms with E-state index in [1.54, 1.807) is 11.9 Å². The molecule has 0 aliphatic carbocycles. The minimum atomic E-state index is -0.575. The summed E-state index contributed by atoms with van der Waals surface area (Å²) < 4.78 is 0. The van der Waals surface area contributed by atoms with Gasteiger partial charge in [0.2, 0.25) is 17.7 Å². The molecule has 0 aromatic heterocycles. The van der Waals surface area contributed by atoms with E-state index < -0.39 is 6.04 Å². The third-order valence-electron chi connectivity index (χ3n) is 5.03. The Bertz CT molecular complexity index is 641. The molecule has 0 bridgehead atoms. The van der Waals surface area contributed by atoms with Crippen molar-refractivity contribution in [2.75, 3.05) is 26.7 Å². The molecule has 2 atom stereocenters. The Labute approximate surface area is 148 Å². The van der Waals surface area contributed by atoms with Gasteiger partial charge in [-0.3, -0.25) is 14.4 Å². The Morgan fingerprint density at radius 2 is 1.88 bits per heavy atom. The van der Waals surface area contributed by atoms with E-state index >= 15 is 0 Å². The van der Waals surface area contributed by atoms with Gasteiger partial charge in [-0.1, -0.05) is 30.3 Å². The smallest absolute Gasteiger partial charge is 0.245 e. The highest BCUT2D eigenvalue weighted by Crippen LogP contribution is 2.18. The van der Waals surface area contributed by atoms with E-state index in [-0.39, 0.29) is 30.1 Å². The molecule has 0 saturated carbocycles. The molecule has 6 heteroatoms. The number of rotatable bonds is 5. The van der Waals surface area contributed by atoms with Crippen molar-refractivity contribution in [3.05, 3.63) is 35.9 Å². The maximum Gasteiger partial charge on any atom is 0.245 e. The summed E-state index contributed by atoms with van der Waals surface area (Å²) in [4.78, 5) is 40.5. The Morgan fingerprint density at radius 3 is 2.48 bits per heavy atom. The van der Waals surface area contributed by atoms with Gasteiger partial charge < -0.3 is 15.1 Å². The second kappa shape index (κ2) is 7.68. The van der Waals surface area contributed by atoms with E-state index in [0.29, 0.717) is 13.0 Å². The molecule has 134 valence electrons.